The van der Waals surface area contributed by atoms with Crippen molar-refractivity contribution in [3.05, 3.63) is 34.9 Å². The van der Waals surface area contributed by atoms with Gasteiger partial charge in [0.05, 0.1) is 11.5 Å². The molecular weight excluding hydrogens is 270 g/mol. The van der Waals surface area contributed by atoms with E-state index >= 15 is 0 Å². The summed E-state index contributed by atoms with van der Waals surface area (Å²) < 4.78 is 23.3. The molecule has 0 aromatic heterocycles. The van der Waals surface area contributed by atoms with Crippen LogP contribution in [0, 0.1) is 5.92 Å². The molecule has 1 N–H and O–H groups in total. The summed E-state index contributed by atoms with van der Waals surface area (Å²) in [5, 5.41) is 3.33. The van der Waals surface area contributed by atoms with Gasteiger partial charge >= 0.3 is 0 Å². The van der Waals surface area contributed by atoms with Gasteiger partial charge in [-0.2, -0.15) is 0 Å². The summed E-state index contributed by atoms with van der Waals surface area (Å²) in [5.41, 5.74) is 4.34. The van der Waals surface area contributed by atoms with E-state index < -0.39 is 9.84 Å². The van der Waals surface area contributed by atoms with Crippen molar-refractivity contribution in [3.8, 4) is 0 Å². The molecule has 1 saturated heterocycles. The SMILES string of the molecule is CNC(Cc1ccc2c(c1)CCC2)C1CCS(=O)(=O)C1. The van der Waals surface area contributed by atoms with Crippen molar-refractivity contribution in [1.82, 2.24) is 5.32 Å². The van der Waals surface area contributed by atoms with Crippen molar-refractivity contribution in [2.75, 3.05) is 18.6 Å². The van der Waals surface area contributed by atoms with Crippen molar-refractivity contribution >= 4 is 9.84 Å². The van der Waals surface area contributed by atoms with Gasteiger partial charge in [-0.25, -0.2) is 8.42 Å². The number of benzene rings is 1. The molecule has 4 heteroatoms. The Hall–Kier alpha value is -0.870. The number of nitrogens with one attached hydrogen (secondary N) is 1. The first-order chi connectivity index (χ1) is 9.57. The molecule has 0 radical (unpaired) electrons. The molecule has 0 saturated carbocycles. The van der Waals surface area contributed by atoms with Crippen LogP contribution in [0.15, 0.2) is 18.2 Å². The highest BCUT2D eigenvalue weighted by Gasteiger charge is 2.33. The van der Waals surface area contributed by atoms with Crippen LogP contribution in [0.3, 0.4) is 0 Å². The fourth-order valence-electron chi connectivity index (χ4n) is 3.65. The number of rotatable bonds is 4. The molecule has 0 spiro atoms. The molecule has 20 heavy (non-hydrogen) atoms. The average molecular weight is 293 g/mol. The number of hydrogen-bond donors (Lipinski definition) is 1. The smallest absolute Gasteiger partial charge is 0.150 e. The second-order valence-electron chi connectivity index (χ2n) is 6.22. The zero-order chi connectivity index (χ0) is 14.2. The zero-order valence-corrected chi connectivity index (χ0v) is 12.9. The Bertz CT molecular complexity index is 594. The molecule has 2 atom stereocenters. The van der Waals surface area contributed by atoms with Crippen molar-refractivity contribution in [2.24, 2.45) is 5.92 Å². The maximum absolute atomic E-state index is 11.6. The minimum absolute atomic E-state index is 0.262. The molecule has 3 nitrogen and oxygen atoms in total. The van der Waals surface area contributed by atoms with Crippen LogP contribution in [0.2, 0.25) is 0 Å². The van der Waals surface area contributed by atoms with Gasteiger partial charge < -0.3 is 5.32 Å². The van der Waals surface area contributed by atoms with Gasteiger partial charge in [0.25, 0.3) is 0 Å². The largest absolute Gasteiger partial charge is 0.316 e. The molecule has 2 unspecified atom stereocenters. The van der Waals surface area contributed by atoms with E-state index in [0.29, 0.717) is 11.5 Å². The second-order valence-corrected chi connectivity index (χ2v) is 8.45. The zero-order valence-electron chi connectivity index (χ0n) is 12.1. The van der Waals surface area contributed by atoms with Crippen LogP contribution >= 0.6 is 0 Å². The molecular formula is C16H23NO2S. The summed E-state index contributed by atoms with van der Waals surface area (Å²) in [4.78, 5) is 0. The summed E-state index contributed by atoms with van der Waals surface area (Å²) >= 11 is 0. The maximum Gasteiger partial charge on any atom is 0.150 e. The highest BCUT2D eigenvalue weighted by molar-refractivity contribution is 7.91. The predicted octanol–water partition coefficient (Wildman–Crippen LogP) is 1.74. The molecule has 0 bridgehead atoms. The summed E-state index contributed by atoms with van der Waals surface area (Å²) in [6, 6.07) is 7.08. The fourth-order valence-corrected chi connectivity index (χ4v) is 5.53. The molecule has 1 aromatic rings. The molecule has 3 rings (SSSR count). The van der Waals surface area contributed by atoms with Crippen LogP contribution in [0.4, 0.5) is 0 Å². The van der Waals surface area contributed by atoms with E-state index in [1.807, 2.05) is 7.05 Å². The highest BCUT2D eigenvalue weighted by atomic mass is 32.2. The maximum atomic E-state index is 11.6. The van der Waals surface area contributed by atoms with Crippen molar-refractivity contribution in [2.45, 2.75) is 38.1 Å². The molecule has 2 aliphatic rings. The third-order valence-corrected chi connectivity index (χ3v) is 6.62. The van der Waals surface area contributed by atoms with Gasteiger partial charge in [0.1, 0.15) is 0 Å². The van der Waals surface area contributed by atoms with Crippen LogP contribution in [-0.4, -0.2) is 33.0 Å². The van der Waals surface area contributed by atoms with Gasteiger partial charge in [0.2, 0.25) is 0 Å². The average Bonchev–Trinajstić information content (AvgIpc) is 3.01. The molecule has 1 aromatic carbocycles. The van der Waals surface area contributed by atoms with Crippen LogP contribution in [0.25, 0.3) is 0 Å². The third-order valence-electron chi connectivity index (χ3n) is 4.83. The Kier molecular flexibility index (Phi) is 3.87. The Balaban J connectivity index is 1.72. The quantitative estimate of drug-likeness (QED) is 0.920. The molecule has 1 fully saturated rings. The third kappa shape index (κ3) is 2.91. The number of aryl methyl sites for hydroxylation is 2. The van der Waals surface area contributed by atoms with E-state index in [9.17, 15) is 8.42 Å². The van der Waals surface area contributed by atoms with Crippen LogP contribution in [0.5, 0.6) is 0 Å². The first-order valence-electron chi connectivity index (χ1n) is 7.56. The molecule has 110 valence electrons. The minimum Gasteiger partial charge on any atom is -0.316 e. The van der Waals surface area contributed by atoms with Gasteiger partial charge in [-0.05, 0) is 61.8 Å². The van der Waals surface area contributed by atoms with E-state index in [1.54, 1.807) is 0 Å². The number of likely N-dealkylation sites (N-methyl/N-ethyl adjacent to an activating group) is 1. The summed E-state index contributed by atoms with van der Waals surface area (Å²) in [5.74, 6) is 0.974. The topological polar surface area (TPSA) is 46.2 Å². The van der Waals surface area contributed by atoms with Gasteiger partial charge in [-0.3, -0.25) is 0 Å². The summed E-state index contributed by atoms with van der Waals surface area (Å²) in [7, 11) is -0.845. The Labute approximate surface area is 121 Å². The van der Waals surface area contributed by atoms with Crippen molar-refractivity contribution < 1.29 is 8.42 Å². The lowest BCUT2D eigenvalue weighted by atomic mass is 9.92. The first-order valence-corrected chi connectivity index (χ1v) is 9.38. The van der Waals surface area contributed by atoms with Gasteiger partial charge in [-0.15, -0.1) is 0 Å². The lowest BCUT2D eigenvalue weighted by Crippen LogP contribution is -2.36. The van der Waals surface area contributed by atoms with Gasteiger partial charge in [-0.1, -0.05) is 18.2 Å². The normalized spacial score (nSPS) is 25.6. The lowest BCUT2D eigenvalue weighted by Gasteiger charge is -2.22. The predicted molar refractivity (Wildman–Crippen MR) is 81.8 cm³/mol. The first kappa shape index (κ1) is 14.1. The Morgan fingerprint density at radius 3 is 2.80 bits per heavy atom. The lowest BCUT2D eigenvalue weighted by molar-refractivity contribution is 0.403. The van der Waals surface area contributed by atoms with Crippen LogP contribution in [0.1, 0.15) is 29.5 Å². The fraction of sp³-hybridized carbons (Fsp3) is 0.625. The van der Waals surface area contributed by atoms with Crippen molar-refractivity contribution in [3.63, 3.8) is 0 Å². The van der Waals surface area contributed by atoms with Gasteiger partial charge in [0, 0.05) is 6.04 Å². The Morgan fingerprint density at radius 1 is 1.30 bits per heavy atom. The van der Waals surface area contributed by atoms with E-state index in [-0.39, 0.29) is 12.0 Å². The number of sulfone groups is 1. The number of fused-ring (bicyclic) bond motifs is 1. The highest BCUT2D eigenvalue weighted by Crippen LogP contribution is 2.26. The second kappa shape index (κ2) is 5.49. The molecule has 0 amide bonds. The summed E-state index contributed by atoms with van der Waals surface area (Å²) in [6.07, 6.45) is 5.43. The summed E-state index contributed by atoms with van der Waals surface area (Å²) in [6.45, 7) is 0. The van der Waals surface area contributed by atoms with E-state index in [1.165, 1.54) is 36.0 Å². The van der Waals surface area contributed by atoms with E-state index in [2.05, 4.69) is 23.5 Å². The molecule has 1 aliphatic carbocycles. The van der Waals surface area contributed by atoms with E-state index in [4.69, 9.17) is 0 Å². The molecule has 1 aliphatic heterocycles. The molecule has 1 heterocycles. The van der Waals surface area contributed by atoms with Crippen LogP contribution in [-0.2, 0) is 29.1 Å². The van der Waals surface area contributed by atoms with Gasteiger partial charge in [0.15, 0.2) is 9.84 Å². The Morgan fingerprint density at radius 2 is 2.10 bits per heavy atom. The monoisotopic (exact) mass is 293 g/mol. The van der Waals surface area contributed by atoms with Crippen LogP contribution < -0.4 is 5.32 Å². The minimum atomic E-state index is -2.79. The standard InChI is InChI=1S/C16H23NO2S/c1-17-16(15-7-8-20(18,19)11-15)10-12-5-6-13-3-2-4-14(13)9-12/h5-6,9,15-17H,2-4,7-8,10-11H2,1H3. The van der Waals surface area contributed by atoms with E-state index in [0.717, 1.165) is 12.8 Å². The van der Waals surface area contributed by atoms with Crippen molar-refractivity contribution in [1.29, 1.82) is 0 Å². The number of hydrogen-bond acceptors (Lipinski definition) is 3.